The fourth-order valence-electron chi connectivity index (χ4n) is 9.31. The molecule has 12 aromatic rings. The Morgan fingerprint density at radius 3 is 1.70 bits per heavy atom. The zero-order valence-electron chi connectivity index (χ0n) is 35.0. The Labute approximate surface area is 368 Å². The van der Waals surface area contributed by atoms with Crippen LogP contribution in [0.1, 0.15) is 12.7 Å². The van der Waals surface area contributed by atoms with E-state index < -0.39 is 0 Å². The van der Waals surface area contributed by atoms with Crippen LogP contribution in [0.2, 0.25) is 0 Å². The first-order valence-corrected chi connectivity index (χ1v) is 21.5. The van der Waals surface area contributed by atoms with Crippen molar-refractivity contribution < 1.29 is 0 Å². The molecule has 0 amide bonds. The second-order valence-corrected chi connectivity index (χ2v) is 16.0. The standard InChI is InChI=1S/C57H39N7/c1-3-4-6-17-37(2)55-59-56(38-18-7-5-8-19-38)61-57(60-55)64-49-26-13-10-23-44(49)47-35-40(30-32-52(47)64)39-29-31-51-46(34-39)43-22-9-12-25-48(43)62(51)41-20-15-21-42(36-41)63-50-27-14-11-24-45(50)54-53(63)28-16-33-58-54/h3-36H,2H2,1H3/b4-3-,17-6-. The van der Waals surface area contributed by atoms with Crippen molar-refractivity contribution in [2.24, 2.45) is 0 Å². The Kier molecular flexibility index (Phi) is 8.72. The summed E-state index contributed by atoms with van der Waals surface area (Å²) in [5.74, 6) is 1.65. The van der Waals surface area contributed by atoms with E-state index in [1.807, 2.05) is 73.8 Å². The molecule has 5 heterocycles. The summed E-state index contributed by atoms with van der Waals surface area (Å²) in [7, 11) is 0. The van der Waals surface area contributed by atoms with Gasteiger partial charge in [-0.3, -0.25) is 9.55 Å². The Balaban J connectivity index is 0.995. The lowest BCUT2D eigenvalue weighted by Crippen LogP contribution is -2.07. The van der Waals surface area contributed by atoms with Crippen LogP contribution in [0.4, 0.5) is 0 Å². The van der Waals surface area contributed by atoms with Crippen LogP contribution in [0.5, 0.6) is 0 Å². The highest BCUT2D eigenvalue weighted by molar-refractivity contribution is 6.13. The largest absolute Gasteiger partial charge is 0.309 e. The Bertz CT molecular complexity index is 3830. The van der Waals surface area contributed by atoms with Gasteiger partial charge in [0.05, 0.1) is 38.6 Å². The van der Waals surface area contributed by atoms with Gasteiger partial charge >= 0.3 is 0 Å². The molecule has 0 fully saturated rings. The van der Waals surface area contributed by atoms with E-state index in [1.165, 1.54) is 10.8 Å². The molecular formula is C57H39N7. The molecule has 0 aliphatic rings. The number of benzene rings is 7. The normalized spacial score (nSPS) is 12.1. The molecule has 302 valence electrons. The Morgan fingerprint density at radius 1 is 0.453 bits per heavy atom. The summed E-state index contributed by atoms with van der Waals surface area (Å²) >= 11 is 0. The van der Waals surface area contributed by atoms with Crippen LogP contribution in [0.3, 0.4) is 0 Å². The third-order valence-corrected chi connectivity index (χ3v) is 12.2. The first kappa shape index (κ1) is 37.1. The predicted octanol–water partition coefficient (Wildman–Crippen LogP) is 14.0. The molecule has 0 unspecified atom stereocenters. The van der Waals surface area contributed by atoms with Crippen LogP contribution < -0.4 is 0 Å². The zero-order valence-corrected chi connectivity index (χ0v) is 35.0. The van der Waals surface area contributed by atoms with Crippen LogP contribution in [-0.4, -0.2) is 33.6 Å². The van der Waals surface area contributed by atoms with E-state index in [0.717, 1.165) is 82.8 Å². The zero-order chi connectivity index (χ0) is 42.7. The van der Waals surface area contributed by atoms with Gasteiger partial charge in [0.25, 0.3) is 0 Å². The molecule has 7 nitrogen and oxygen atoms in total. The molecule has 0 aliphatic heterocycles. The highest BCUT2D eigenvalue weighted by atomic mass is 15.2. The van der Waals surface area contributed by atoms with Gasteiger partial charge in [-0.15, -0.1) is 0 Å². The van der Waals surface area contributed by atoms with E-state index in [9.17, 15) is 0 Å². The molecule has 0 saturated heterocycles. The maximum absolute atomic E-state index is 5.10. The molecular weight excluding hydrogens is 783 g/mol. The molecule has 0 spiro atoms. The first-order chi connectivity index (χ1) is 31.6. The maximum Gasteiger partial charge on any atom is 0.238 e. The van der Waals surface area contributed by atoms with Crippen LogP contribution >= 0.6 is 0 Å². The summed E-state index contributed by atoms with van der Waals surface area (Å²) in [4.78, 5) is 19.8. The quantitative estimate of drug-likeness (QED) is 0.143. The maximum atomic E-state index is 5.10. The van der Waals surface area contributed by atoms with Crippen molar-refractivity contribution in [3.05, 3.63) is 219 Å². The lowest BCUT2D eigenvalue weighted by Gasteiger charge is -2.13. The molecule has 0 atom stereocenters. The number of rotatable bonds is 8. The molecule has 0 aliphatic carbocycles. The second-order valence-electron chi connectivity index (χ2n) is 16.0. The molecule has 7 aromatic carbocycles. The van der Waals surface area contributed by atoms with Crippen molar-refractivity contribution in [2.75, 3.05) is 0 Å². The number of hydrogen-bond acceptors (Lipinski definition) is 4. The number of hydrogen-bond donors (Lipinski definition) is 0. The van der Waals surface area contributed by atoms with E-state index in [-0.39, 0.29) is 0 Å². The van der Waals surface area contributed by atoms with Crippen LogP contribution in [0.25, 0.3) is 111 Å². The minimum absolute atomic E-state index is 0.523. The lowest BCUT2D eigenvalue weighted by atomic mass is 10.0. The summed E-state index contributed by atoms with van der Waals surface area (Å²) in [6.45, 7) is 6.32. The van der Waals surface area contributed by atoms with E-state index in [0.29, 0.717) is 23.2 Å². The molecule has 0 bridgehead atoms. The number of nitrogens with zero attached hydrogens (tertiary/aromatic N) is 7. The summed E-state index contributed by atoms with van der Waals surface area (Å²) in [6, 6.07) is 62.3. The smallest absolute Gasteiger partial charge is 0.238 e. The minimum Gasteiger partial charge on any atom is -0.309 e. The highest BCUT2D eigenvalue weighted by Crippen LogP contribution is 2.39. The Morgan fingerprint density at radius 2 is 1.02 bits per heavy atom. The van der Waals surface area contributed by atoms with Crippen LogP contribution in [0, 0.1) is 0 Å². The monoisotopic (exact) mass is 821 g/mol. The molecule has 0 N–H and O–H groups in total. The van der Waals surface area contributed by atoms with E-state index in [2.05, 4.69) is 160 Å². The lowest BCUT2D eigenvalue weighted by molar-refractivity contribution is 0.933. The average molecular weight is 822 g/mol. The second kappa shape index (κ2) is 15.0. The van der Waals surface area contributed by atoms with Gasteiger partial charge in [-0.1, -0.05) is 134 Å². The van der Waals surface area contributed by atoms with E-state index in [4.69, 9.17) is 19.9 Å². The van der Waals surface area contributed by atoms with E-state index >= 15 is 0 Å². The number of aromatic nitrogens is 7. The number of pyridine rings is 1. The van der Waals surface area contributed by atoms with Crippen molar-refractivity contribution in [3.8, 4) is 39.8 Å². The number of allylic oxidation sites excluding steroid dienone is 5. The summed E-state index contributed by atoms with van der Waals surface area (Å²) in [6.07, 6.45) is 9.71. The van der Waals surface area contributed by atoms with Crippen LogP contribution in [-0.2, 0) is 0 Å². The molecule has 0 saturated carbocycles. The van der Waals surface area contributed by atoms with Gasteiger partial charge in [-0.2, -0.15) is 9.97 Å². The fraction of sp³-hybridized carbons (Fsp3) is 0.0175. The van der Waals surface area contributed by atoms with Gasteiger partial charge in [0.1, 0.15) is 0 Å². The summed E-state index contributed by atoms with van der Waals surface area (Å²) in [5.41, 5.74) is 13.6. The van der Waals surface area contributed by atoms with E-state index in [1.54, 1.807) is 0 Å². The molecule has 12 rings (SSSR count). The number of fused-ring (bicyclic) bond motifs is 9. The molecule has 0 radical (unpaired) electrons. The summed E-state index contributed by atoms with van der Waals surface area (Å²) in [5, 5.41) is 5.76. The number of para-hydroxylation sites is 3. The fourth-order valence-corrected chi connectivity index (χ4v) is 9.31. The highest BCUT2D eigenvalue weighted by Gasteiger charge is 2.20. The van der Waals surface area contributed by atoms with Crippen molar-refractivity contribution >= 4 is 71.1 Å². The van der Waals surface area contributed by atoms with Crippen LogP contribution in [0.15, 0.2) is 213 Å². The molecule has 7 heteroatoms. The van der Waals surface area contributed by atoms with Gasteiger partial charge in [0.2, 0.25) is 5.95 Å². The SMILES string of the molecule is C=C(/C=C\C=C/C)c1nc(-c2ccccc2)nc(-n2c3ccccc3c3cc(-c4ccc5c(c4)c4ccccc4n5-c4cccc(-n5c6ccccc6c6ncccc65)c4)ccc32)n1. The summed E-state index contributed by atoms with van der Waals surface area (Å²) < 4.78 is 6.86. The predicted molar refractivity (Wildman–Crippen MR) is 264 cm³/mol. The van der Waals surface area contributed by atoms with Crippen molar-refractivity contribution in [3.63, 3.8) is 0 Å². The first-order valence-electron chi connectivity index (χ1n) is 21.5. The molecule has 5 aromatic heterocycles. The molecule has 64 heavy (non-hydrogen) atoms. The van der Waals surface area contributed by atoms with Gasteiger partial charge < -0.3 is 9.13 Å². The third-order valence-electron chi connectivity index (χ3n) is 12.2. The van der Waals surface area contributed by atoms with Gasteiger partial charge in [0.15, 0.2) is 11.6 Å². The van der Waals surface area contributed by atoms with Crippen molar-refractivity contribution in [1.29, 1.82) is 0 Å². The Hall–Kier alpha value is -8.68. The van der Waals surface area contributed by atoms with Gasteiger partial charge in [-0.25, -0.2) is 4.98 Å². The van der Waals surface area contributed by atoms with Crippen molar-refractivity contribution in [2.45, 2.75) is 6.92 Å². The van der Waals surface area contributed by atoms with Gasteiger partial charge in [0, 0.05) is 55.6 Å². The minimum atomic E-state index is 0.523. The van der Waals surface area contributed by atoms with Gasteiger partial charge in [-0.05, 0) is 90.8 Å². The topological polar surface area (TPSA) is 66.3 Å². The average Bonchev–Trinajstić information content (AvgIpc) is 3.99. The van der Waals surface area contributed by atoms with Crippen molar-refractivity contribution in [1.82, 2.24) is 33.6 Å². The third kappa shape index (κ3) is 5.97.